The predicted octanol–water partition coefficient (Wildman–Crippen LogP) is 0.0559. The molecule has 0 unspecified atom stereocenters. The molecule has 0 aromatic carbocycles. The number of hydrogen-bond acceptors (Lipinski definition) is 6. The topological polar surface area (TPSA) is 105 Å². The number of aryl methyl sites for hydroxylation is 1. The molecule has 2 heterocycles. The van der Waals surface area contributed by atoms with Crippen LogP contribution in [-0.2, 0) is 21.4 Å². The zero-order valence-corrected chi connectivity index (χ0v) is 13.0. The highest BCUT2D eigenvalue weighted by atomic mass is 32.2. The van der Waals surface area contributed by atoms with Gasteiger partial charge in [0.1, 0.15) is 0 Å². The van der Waals surface area contributed by atoms with Crippen molar-refractivity contribution in [3.05, 3.63) is 11.7 Å². The Hall–Kier alpha value is -1.48. The van der Waals surface area contributed by atoms with Crippen LogP contribution >= 0.6 is 0 Å². The summed E-state index contributed by atoms with van der Waals surface area (Å²) in [5, 5.41) is 6.39. The zero-order valence-electron chi connectivity index (χ0n) is 12.2. The van der Waals surface area contributed by atoms with Crippen LogP contribution < -0.4 is 5.32 Å². The number of nitrogens with one attached hydrogen (secondary N) is 1. The van der Waals surface area contributed by atoms with E-state index in [2.05, 4.69) is 15.5 Å². The highest BCUT2D eigenvalue weighted by molar-refractivity contribution is 7.89. The maximum Gasteiger partial charge on any atom is 0.246 e. The molecule has 118 valence electrons. The number of sulfonamides is 1. The van der Waals surface area contributed by atoms with Gasteiger partial charge in [0.25, 0.3) is 0 Å². The maximum absolute atomic E-state index is 12.0. The molecular formula is C12H20N4O4S. The molecule has 1 aromatic rings. The Labute approximate surface area is 123 Å². The first-order valence-electron chi connectivity index (χ1n) is 6.97. The lowest BCUT2D eigenvalue weighted by Crippen LogP contribution is -2.43. The largest absolute Gasteiger partial charge is 0.347 e. The van der Waals surface area contributed by atoms with Crippen molar-refractivity contribution in [2.24, 2.45) is 5.92 Å². The summed E-state index contributed by atoms with van der Waals surface area (Å²) in [6.07, 6.45) is 1.07. The minimum atomic E-state index is -3.15. The Kier molecular flexibility index (Phi) is 4.94. The molecule has 0 aliphatic carbocycles. The number of aromatic nitrogens is 2. The standard InChI is InChI=1S/C12H20N4O4S/c1-3-21(18,19)16-6-4-10(5-7-16)12(17)13-8-11-14-9(2)15-20-11/h10H,3-8H2,1-2H3,(H,13,17). The van der Waals surface area contributed by atoms with Gasteiger partial charge in [-0.15, -0.1) is 0 Å². The summed E-state index contributed by atoms with van der Waals surface area (Å²) in [7, 11) is -3.15. The first kappa shape index (κ1) is 15.9. The molecule has 1 aliphatic rings. The third-order valence-electron chi connectivity index (χ3n) is 3.57. The summed E-state index contributed by atoms with van der Waals surface area (Å²) in [4.78, 5) is 16.0. The molecule has 2 rings (SSSR count). The quantitative estimate of drug-likeness (QED) is 0.823. The van der Waals surface area contributed by atoms with Crippen LogP contribution in [0, 0.1) is 12.8 Å². The molecule has 0 atom stereocenters. The van der Waals surface area contributed by atoms with E-state index >= 15 is 0 Å². The monoisotopic (exact) mass is 316 g/mol. The third-order valence-corrected chi connectivity index (χ3v) is 5.45. The molecular weight excluding hydrogens is 296 g/mol. The van der Waals surface area contributed by atoms with Crippen molar-refractivity contribution in [2.45, 2.75) is 33.2 Å². The molecule has 21 heavy (non-hydrogen) atoms. The van der Waals surface area contributed by atoms with Gasteiger partial charge in [0, 0.05) is 19.0 Å². The second-order valence-electron chi connectivity index (χ2n) is 5.03. The predicted molar refractivity (Wildman–Crippen MR) is 74.6 cm³/mol. The van der Waals surface area contributed by atoms with Gasteiger partial charge in [0.2, 0.25) is 21.8 Å². The van der Waals surface area contributed by atoms with E-state index in [4.69, 9.17) is 4.52 Å². The van der Waals surface area contributed by atoms with Crippen LogP contribution in [-0.4, -0.2) is 47.6 Å². The summed E-state index contributed by atoms with van der Waals surface area (Å²) >= 11 is 0. The first-order chi connectivity index (χ1) is 9.92. The average Bonchev–Trinajstić information content (AvgIpc) is 2.90. The van der Waals surface area contributed by atoms with E-state index in [0.29, 0.717) is 37.6 Å². The molecule has 1 saturated heterocycles. The smallest absolute Gasteiger partial charge is 0.246 e. The fourth-order valence-electron chi connectivity index (χ4n) is 2.30. The van der Waals surface area contributed by atoms with Crippen LogP contribution in [0.1, 0.15) is 31.5 Å². The minimum absolute atomic E-state index is 0.0976. The lowest BCUT2D eigenvalue weighted by atomic mass is 9.97. The summed E-state index contributed by atoms with van der Waals surface area (Å²) in [5.41, 5.74) is 0. The van der Waals surface area contributed by atoms with Gasteiger partial charge in [-0.2, -0.15) is 4.98 Å². The maximum atomic E-state index is 12.0. The van der Waals surface area contributed by atoms with Crippen LogP contribution in [0.25, 0.3) is 0 Å². The molecule has 1 N–H and O–H groups in total. The lowest BCUT2D eigenvalue weighted by molar-refractivity contribution is -0.126. The van der Waals surface area contributed by atoms with Gasteiger partial charge in [0.05, 0.1) is 12.3 Å². The fraction of sp³-hybridized carbons (Fsp3) is 0.750. The van der Waals surface area contributed by atoms with E-state index < -0.39 is 10.0 Å². The number of hydrogen-bond donors (Lipinski definition) is 1. The SMILES string of the molecule is CCS(=O)(=O)N1CCC(C(=O)NCc2nc(C)no2)CC1. The number of carbonyl (C=O) groups excluding carboxylic acids is 1. The second-order valence-corrected chi connectivity index (χ2v) is 7.28. The van der Waals surface area contributed by atoms with Crippen LogP contribution in [0.3, 0.4) is 0 Å². The van der Waals surface area contributed by atoms with Crippen molar-refractivity contribution in [2.75, 3.05) is 18.8 Å². The number of rotatable bonds is 5. The summed E-state index contributed by atoms with van der Waals surface area (Å²) in [5.74, 6) is 0.723. The fourth-order valence-corrected chi connectivity index (χ4v) is 3.43. The molecule has 9 heteroatoms. The van der Waals surface area contributed by atoms with Gasteiger partial charge < -0.3 is 9.84 Å². The summed E-state index contributed by atoms with van der Waals surface area (Å²) < 4.78 is 29.9. The molecule has 0 spiro atoms. The van der Waals surface area contributed by atoms with Crippen molar-refractivity contribution < 1.29 is 17.7 Å². The highest BCUT2D eigenvalue weighted by Crippen LogP contribution is 2.20. The van der Waals surface area contributed by atoms with E-state index in [-0.39, 0.29) is 24.1 Å². The van der Waals surface area contributed by atoms with E-state index in [1.165, 1.54) is 4.31 Å². The van der Waals surface area contributed by atoms with Crippen LogP contribution in [0.4, 0.5) is 0 Å². The van der Waals surface area contributed by atoms with Crippen molar-refractivity contribution in [3.8, 4) is 0 Å². The van der Waals surface area contributed by atoms with Crippen molar-refractivity contribution in [1.82, 2.24) is 19.8 Å². The third kappa shape index (κ3) is 4.01. The Morgan fingerprint density at radius 1 is 1.43 bits per heavy atom. The van der Waals surface area contributed by atoms with E-state index in [1.54, 1.807) is 13.8 Å². The van der Waals surface area contributed by atoms with Gasteiger partial charge in [-0.05, 0) is 26.7 Å². The molecule has 0 radical (unpaired) electrons. The number of amides is 1. The minimum Gasteiger partial charge on any atom is -0.347 e. The van der Waals surface area contributed by atoms with Gasteiger partial charge >= 0.3 is 0 Å². The van der Waals surface area contributed by atoms with Gasteiger partial charge in [0.15, 0.2) is 5.82 Å². The van der Waals surface area contributed by atoms with Gasteiger partial charge in [-0.25, -0.2) is 12.7 Å². The molecule has 0 saturated carbocycles. The molecule has 1 aromatic heterocycles. The normalized spacial score (nSPS) is 17.8. The Bertz CT molecular complexity index is 590. The van der Waals surface area contributed by atoms with Crippen molar-refractivity contribution in [1.29, 1.82) is 0 Å². The number of carbonyl (C=O) groups is 1. The summed E-state index contributed by atoms with van der Waals surface area (Å²) in [6, 6.07) is 0. The lowest BCUT2D eigenvalue weighted by Gasteiger charge is -2.30. The highest BCUT2D eigenvalue weighted by Gasteiger charge is 2.30. The Morgan fingerprint density at radius 3 is 2.62 bits per heavy atom. The van der Waals surface area contributed by atoms with Crippen LogP contribution in [0.2, 0.25) is 0 Å². The number of piperidine rings is 1. The second kappa shape index (κ2) is 6.52. The summed E-state index contributed by atoms with van der Waals surface area (Å²) in [6.45, 7) is 4.33. The van der Waals surface area contributed by atoms with Gasteiger partial charge in [-0.3, -0.25) is 4.79 Å². The molecule has 8 nitrogen and oxygen atoms in total. The molecule has 0 bridgehead atoms. The van der Waals surface area contributed by atoms with Crippen molar-refractivity contribution >= 4 is 15.9 Å². The van der Waals surface area contributed by atoms with E-state index in [9.17, 15) is 13.2 Å². The van der Waals surface area contributed by atoms with Crippen molar-refractivity contribution in [3.63, 3.8) is 0 Å². The van der Waals surface area contributed by atoms with E-state index in [1.807, 2.05) is 0 Å². The van der Waals surface area contributed by atoms with Gasteiger partial charge in [-0.1, -0.05) is 5.16 Å². The number of nitrogens with zero attached hydrogens (tertiary/aromatic N) is 3. The average molecular weight is 316 g/mol. The molecule has 1 fully saturated rings. The first-order valence-corrected chi connectivity index (χ1v) is 8.58. The van der Waals surface area contributed by atoms with Crippen LogP contribution in [0.5, 0.6) is 0 Å². The molecule has 1 amide bonds. The molecule has 1 aliphatic heterocycles. The van der Waals surface area contributed by atoms with Crippen LogP contribution in [0.15, 0.2) is 4.52 Å². The van der Waals surface area contributed by atoms with E-state index in [0.717, 1.165) is 0 Å². The zero-order chi connectivity index (χ0) is 15.5. The Balaban J connectivity index is 1.80. The Morgan fingerprint density at radius 2 is 2.10 bits per heavy atom.